The van der Waals surface area contributed by atoms with E-state index in [4.69, 9.17) is 20.9 Å². The molecule has 0 spiro atoms. The second-order valence-electron chi connectivity index (χ2n) is 6.97. The monoisotopic (exact) mass is 299 g/mol. The van der Waals surface area contributed by atoms with Gasteiger partial charge in [0.25, 0.3) is 0 Å². The van der Waals surface area contributed by atoms with E-state index in [2.05, 4.69) is 6.07 Å². The summed E-state index contributed by atoms with van der Waals surface area (Å²) in [6.07, 6.45) is -1.98. The van der Waals surface area contributed by atoms with Crippen molar-refractivity contribution in [2.75, 3.05) is 6.61 Å². The Balaban J connectivity index is 6.03. The van der Waals surface area contributed by atoms with E-state index >= 15 is 0 Å². The number of hydrogen-bond acceptors (Lipinski definition) is 5. The fraction of sp³-hybridized carbons (Fsp3) is 0.786. The summed E-state index contributed by atoms with van der Waals surface area (Å²) in [4.78, 5) is 22.3. The quantitative estimate of drug-likeness (QED) is 0.821. The Bertz CT molecular complexity index is 427. The number of rotatable bonds is 4. The third-order valence-corrected chi connectivity index (χ3v) is 3.53. The lowest BCUT2D eigenvalue weighted by molar-refractivity contribution is -0.169. The summed E-state index contributed by atoms with van der Waals surface area (Å²) in [6, 6.07) is 2.05. The van der Waals surface area contributed by atoms with Crippen molar-refractivity contribution in [1.29, 1.82) is 5.26 Å². The third kappa shape index (κ3) is 4.00. The molecule has 1 unspecified atom stereocenters. The molecular formula is C14H25N3O4. The number of nitrogens with two attached hydrogens (primary N) is 2. The number of primary amides is 2. The molecule has 0 fully saturated rings. The molecule has 0 saturated carbocycles. The molecule has 0 aliphatic carbocycles. The summed E-state index contributed by atoms with van der Waals surface area (Å²) in [6.45, 7) is 10.7. The van der Waals surface area contributed by atoms with Crippen molar-refractivity contribution >= 4 is 12.2 Å². The molecule has 0 aromatic rings. The van der Waals surface area contributed by atoms with Gasteiger partial charge in [0.1, 0.15) is 18.1 Å². The summed E-state index contributed by atoms with van der Waals surface area (Å²) in [7, 11) is 0. The van der Waals surface area contributed by atoms with Gasteiger partial charge in [0.15, 0.2) is 0 Å². The van der Waals surface area contributed by atoms with Crippen LogP contribution >= 0.6 is 0 Å². The van der Waals surface area contributed by atoms with E-state index in [1.807, 2.05) is 41.5 Å². The largest absolute Gasteiger partial charge is 0.448 e. The minimum Gasteiger partial charge on any atom is -0.448 e. The fourth-order valence-corrected chi connectivity index (χ4v) is 3.12. The second-order valence-corrected chi connectivity index (χ2v) is 6.97. The van der Waals surface area contributed by atoms with Crippen LogP contribution in [0, 0.1) is 28.1 Å². The highest BCUT2D eigenvalue weighted by Crippen LogP contribution is 2.51. The molecule has 120 valence electrons. The molecule has 0 aliphatic heterocycles. The van der Waals surface area contributed by atoms with Gasteiger partial charge in [0, 0.05) is 10.8 Å². The number of ether oxygens (including phenoxy) is 2. The first-order valence-electron chi connectivity index (χ1n) is 6.60. The Labute approximate surface area is 125 Å². The van der Waals surface area contributed by atoms with Crippen LogP contribution in [0.3, 0.4) is 0 Å². The fourth-order valence-electron chi connectivity index (χ4n) is 3.12. The molecule has 1 atom stereocenters. The van der Waals surface area contributed by atoms with Gasteiger partial charge < -0.3 is 20.9 Å². The lowest BCUT2D eigenvalue weighted by atomic mass is 9.57. The van der Waals surface area contributed by atoms with Crippen molar-refractivity contribution in [3.63, 3.8) is 0 Å². The Kier molecular flexibility index (Phi) is 5.62. The molecule has 0 rings (SSSR count). The number of carbonyl (C=O) groups excluding carboxylic acids is 2. The Hall–Kier alpha value is -1.97. The smallest absolute Gasteiger partial charge is 0.405 e. The van der Waals surface area contributed by atoms with Crippen LogP contribution in [0.15, 0.2) is 0 Å². The van der Waals surface area contributed by atoms with Crippen LogP contribution in [-0.2, 0) is 9.47 Å². The summed E-state index contributed by atoms with van der Waals surface area (Å²) >= 11 is 0. The van der Waals surface area contributed by atoms with Crippen LogP contribution in [-0.4, -0.2) is 24.4 Å². The minimum absolute atomic E-state index is 0.284. The molecule has 7 nitrogen and oxygen atoms in total. The predicted molar refractivity (Wildman–Crippen MR) is 76.9 cm³/mol. The van der Waals surface area contributed by atoms with Crippen LogP contribution < -0.4 is 11.5 Å². The number of hydrogen-bond donors (Lipinski definition) is 2. The normalized spacial score (nSPS) is 14.0. The Morgan fingerprint density at radius 2 is 1.48 bits per heavy atom. The first kappa shape index (κ1) is 19.0. The number of nitriles is 1. The highest BCUT2D eigenvalue weighted by molar-refractivity contribution is 5.66. The molecule has 0 aromatic carbocycles. The van der Waals surface area contributed by atoms with E-state index in [9.17, 15) is 14.9 Å². The average molecular weight is 299 g/mol. The SMILES string of the molecule is CC(C)(C)C(OC(N)=O)(C(C#N)COC(N)=O)C(C)(C)C. The molecule has 2 amide bonds. The lowest BCUT2D eigenvalue weighted by Gasteiger charge is -2.53. The maximum absolute atomic E-state index is 11.4. The Morgan fingerprint density at radius 1 is 1.05 bits per heavy atom. The highest BCUT2D eigenvalue weighted by atomic mass is 16.6. The lowest BCUT2D eigenvalue weighted by Crippen LogP contribution is -2.62. The van der Waals surface area contributed by atoms with Gasteiger partial charge in [-0.05, 0) is 0 Å². The third-order valence-electron chi connectivity index (χ3n) is 3.53. The van der Waals surface area contributed by atoms with Crippen LogP contribution in [0.5, 0.6) is 0 Å². The zero-order chi connectivity index (χ0) is 17.1. The number of amides is 2. The van der Waals surface area contributed by atoms with Gasteiger partial charge in [0.05, 0.1) is 6.07 Å². The molecule has 0 radical (unpaired) electrons. The van der Waals surface area contributed by atoms with Crippen molar-refractivity contribution in [1.82, 2.24) is 0 Å². The van der Waals surface area contributed by atoms with E-state index in [1.165, 1.54) is 0 Å². The van der Waals surface area contributed by atoms with Gasteiger partial charge in [0.2, 0.25) is 0 Å². The van der Waals surface area contributed by atoms with Crippen LogP contribution in [0.25, 0.3) is 0 Å². The molecule has 0 saturated heterocycles. The van der Waals surface area contributed by atoms with E-state index in [0.29, 0.717) is 0 Å². The van der Waals surface area contributed by atoms with Crippen LogP contribution in [0.4, 0.5) is 9.59 Å². The topological polar surface area (TPSA) is 128 Å². The number of carbonyl (C=O) groups is 2. The van der Waals surface area contributed by atoms with Crippen molar-refractivity contribution in [3.8, 4) is 6.07 Å². The highest BCUT2D eigenvalue weighted by Gasteiger charge is 2.59. The van der Waals surface area contributed by atoms with Crippen molar-refractivity contribution in [2.24, 2.45) is 28.2 Å². The van der Waals surface area contributed by atoms with E-state index in [0.717, 1.165) is 0 Å². The average Bonchev–Trinajstić information content (AvgIpc) is 2.23. The molecule has 0 aliphatic rings. The van der Waals surface area contributed by atoms with Gasteiger partial charge in [-0.1, -0.05) is 41.5 Å². The van der Waals surface area contributed by atoms with Crippen molar-refractivity contribution in [3.05, 3.63) is 0 Å². The Morgan fingerprint density at radius 3 is 1.71 bits per heavy atom. The van der Waals surface area contributed by atoms with Crippen molar-refractivity contribution in [2.45, 2.75) is 47.1 Å². The maximum Gasteiger partial charge on any atom is 0.405 e. The molecule has 21 heavy (non-hydrogen) atoms. The summed E-state index contributed by atoms with van der Waals surface area (Å²) in [5, 5.41) is 9.50. The van der Waals surface area contributed by atoms with Crippen molar-refractivity contribution < 1.29 is 19.1 Å². The van der Waals surface area contributed by atoms with Crippen LogP contribution in [0.2, 0.25) is 0 Å². The molecule has 4 N–H and O–H groups in total. The van der Waals surface area contributed by atoms with Gasteiger partial charge in [-0.2, -0.15) is 5.26 Å². The zero-order valence-electron chi connectivity index (χ0n) is 13.5. The first-order valence-corrected chi connectivity index (χ1v) is 6.60. The van der Waals surface area contributed by atoms with Gasteiger partial charge in [-0.25, -0.2) is 9.59 Å². The first-order chi connectivity index (χ1) is 9.29. The predicted octanol–water partition coefficient (Wildman–Crippen LogP) is 2.15. The second kappa shape index (κ2) is 6.20. The van der Waals surface area contributed by atoms with E-state index in [1.54, 1.807) is 0 Å². The molecule has 0 heterocycles. The standard InChI is InChI=1S/C14H25N3O4/c1-12(2,3)14(13(4,5)6,21-11(17)19)9(7-15)8-20-10(16)18/h9H,8H2,1-6H3,(H2,16,18)(H2,17,19). The minimum atomic E-state index is -1.27. The van der Waals surface area contributed by atoms with E-state index in [-0.39, 0.29) is 6.61 Å². The molecular weight excluding hydrogens is 274 g/mol. The maximum atomic E-state index is 11.4. The van der Waals surface area contributed by atoms with Crippen LogP contribution in [0.1, 0.15) is 41.5 Å². The number of nitrogens with zero attached hydrogens (tertiary/aromatic N) is 1. The molecule has 0 aromatic heterocycles. The van der Waals surface area contributed by atoms with Gasteiger partial charge in [-0.15, -0.1) is 0 Å². The van der Waals surface area contributed by atoms with Gasteiger partial charge >= 0.3 is 12.2 Å². The molecule has 0 bridgehead atoms. The van der Waals surface area contributed by atoms with Gasteiger partial charge in [-0.3, -0.25) is 0 Å². The summed E-state index contributed by atoms with van der Waals surface area (Å²) < 4.78 is 10.2. The van der Waals surface area contributed by atoms with E-state index < -0.39 is 34.5 Å². The summed E-state index contributed by atoms with van der Waals surface area (Å²) in [5.41, 5.74) is 7.63. The summed E-state index contributed by atoms with van der Waals surface area (Å²) in [5.74, 6) is -0.919. The zero-order valence-corrected chi connectivity index (χ0v) is 13.5. The molecule has 7 heteroatoms.